The van der Waals surface area contributed by atoms with E-state index < -0.39 is 11.9 Å². The molecule has 1 N–H and O–H groups in total. The number of nitrogens with zero attached hydrogens (tertiary/aromatic N) is 4. The molecule has 0 aliphatic carbocycles. The zero-order chi connectivity index (χ0) is 13.2. The van der Waals surface area contributed by atoms with Crippen molar-refractivity contribution in [2.45, 2.75) is 13.1 Å². The first-order chi connectivity index (χ1) is 8.50. The second-order valence-corrected chi connectivity index (χ2v) is 3.44. The lowest BCUT2D eigenvalue weighted by atomic mass is 10.4. The van der Waals surface area contributed by atoms with Crippen LogP contribution in [-0.4, -0.2) is 26.3 Å². The Morgan fingerprint density at radius 1 is 1.33 bits per heavy atom. The molecule has 0 radical (unpaired) electrons. The van der Waals surface area contributed by atoms with Crippen molar-refractivity contribution in [1.29, 1.82) is 0 Å². The highest BCUT2D eigenvalue weighted by Crippen LogP contribution is 2.27. The molecule has 2 aromatic heterocycles. The van der Waals surface area contributed by atoms with Crippen LogP contribution in [0.15, 0.2) is 24.7 Å². The van der Waals surface area contributed by atoms with Crippen molar-refractivity contribution in [2.24, 2.45) is 0 Å². The highest BCUT2D eigenvalue weighted by atomic mass is 19.4. The van der Waals surface area contributed by atoms with Gasteiger partial charge < -0.3 is 5.32 Å². The van der Waals surface area contributed by atoms with E-state index in [2.05, 4.69) is 20.4 Å². The maximum Gasteiger partial charge on any atom is 0.435 e. The summed E-state index contributed by atoms with van der Waals surface area (Å²) in [5.74, 6) is 0.808. The molecule has 0 amide bonds. The molecular weight excluding hydrogens is 247 g/mol. The van der Waals surface area contributed by atoms with Gasteiger partial charge in [-0.1, -0.05) is 0 Å². The fourth-order valence-electron chi connectivity index (χ4n) is 1.35. The first kappa shape index (κ1) is 12.3. The Labute approximate surface area is 101 Å². The van der Waals surface area contributed by atoms with Crippen LogP contribution in [0.2, 0.25) is 0 Å². The molecule has 0 unspecified atom stereocenters. The molecular formula is C10H10F3N5. The third-order valence-electron chi connectivity index (χ3n) is 2.12. The molecule has 0 aliphatic heterocycles. The number of nitrogens with one attached hydrogen (secondary N) is 1. The molecule has 0 fully saturated rings. The van der Waals surface area contributed by atoms with Crippen molar-refractivity contribution in [3.05, 3.63) is 30.4 Å². The normalized spacial score (nSPS) is 11.6. The van der Waals surface area contributed by atoms with Crippen LogP contribution in [0, 0.1) is 0 Å². The van der Waals surface area contributed by atoms with E-state index in [1.165, 1.54) is 18.6 Å². The minimum Gasteiger partial charge on any atom is -0.370 e. The maximum absolute atomic E-state index is 12.4. The van der Waals surface area contributed by atoms with Gasteiger partial charge in [0.25, 0.3) is 0 Å². The SMILES string of the molecule is CCNc1cc(-n2ccc(C(F)(F)F)n2)ncn1. The van der Waals surface area contributed by atoms with E-state index in [9.17, 15) is 13.2 Å². The van der Waals surface area contributed by atoms with Gasteiger partial charge in [0.2, 0.25) is 0 Å². The molecule has 2 heterocycles. The number of halogens is 3. The van der Waals surface area contributed by atoms with Gasteiger partial charge in [-0.15, -0.1) is 0 Å². The maximum atomic E-state index is 12.4. The number of anilines is 1. The quantitative estimate of drug-likeness (QED) is 0.915. The predicted octanol–water partition coefficient (Wildman–Crippen LogP) is 2.11. The molecule has 0 aromatic carbocycles. The van der Waals surface area contributed by atoms with Crippen LogP contribution in [0.3, 0.4) is 0 Å². The van der Waals surface area contributed by atoms with Gasteiger partial charge in [-0.2, -0.15) is 18.3 Å². The summed E-state index contributed by atoms with van der Waals surface area (Å²) in [7, 11) is 0. The van der Waals surface area contributed by atoms with Crippen molar-refractivity contribution in [3.8, 4) is 5.82 Å². The number of aromatic nitrogens is 4. The second kappa shape index (κ2) is 4.63. The van der Waals surface area contributed by atoms with Gasteiger partial charge in [0.1, 0.15) is 12.1 Å². The lowest BCUT2D eigenvalue weighted by Gasteiger charge is -2.05. The molecule has 0 saturated carbocycles. The van der Waals surface area contributed by atoms with Crippen molar-refractivity contribution in [2.75, 3.05) is 11.9 Å². The van der Waals surface area contributed by atoms with Gasteiger partial charge in [0.15, 0.2) is 11.5 Å². The Hall–Kier alpha value is -2.12. The number of alkyl halides is 3. The summed E-state index contributed by atoms with van der Waals surface area (Å²) < 4.78 is 38.2. The lowest BCUT2D eigenvalue weighted by molar-refractivity contribution is -0.141. The molecule has 0 saturated heterocycles. The van der Waals surface area contributed by atoms with E-state index in [1.54, 1.807) is 0 Å². The van der Waals surface area contributed by atoms with Crippen LogP contribution in [-0.2, 0) is 6.18 Å². The average molecular weight is 257 g/mol. The van der Waals surface area contributed by atoms with Crippen LogP contribution in [0.5, 0.6) is 0 Å². The fourth-order valence-corrected chi connectivity index (χ4v) is 1.35. The standard InChI is InChI=1S/C10H10F3N5/c1-2-14-8-5-9(16-6-15-8)18-4-3-7(17-18)10(11,12)13/h3-6H,2H2,1H3,(H,14,15,16). The summed E-state index contributed by atoms with van der Waals surface area (Å²) in [5.41, 5.74) is -0.953. The van der Waals surface area contributed by atoms with Crippen molar-refractivity contribution >= 4 is 5.82 Å². The van der Waals surface area contributed by atoms with Crippen molar-refractivity contribution in [1.82, 2.24) is 19.7 Å². The van der Waals surface area contributed by atoms with Crippen molar-refractivity contribution < 1.29 is 13.2 Å². The van der Waals surface area contributed by atoms with E-state index in [0.717, 1.165) is 10.7 Å². The van der Waals surface area contributed by atoms with Gasteiger partial charge in [0, 0.05) is 18.8 Å². The predicted molar refractivity (Wildman–Crippen MR) is 58.3 cm³/mol. The number of hydrogen-bond acceptors (Lipinski definition) is 4. The zero-order valence-corrected chi connectivity index (χ0v) is 9.44. The summed E-state index contributed by atoms with van der Waals surface area (Å²) in [6.45, 7) is 2.54. The van der Waals surface area contributed by atoms with Crippen LogP contribution < -0.4 is 5.32 Å². The van der Waals surface area contributed by atoms with Crippen molar-refractivity contribution in [3.63, 3.8) is 0 Å². The summed E-state index contributed by atoms with van der Waals surface area (Å²) in [6.07, 6.45) is -1.98. The topological polar surface area (TPSA) is 55.6 Å². The first-order valence-electron chi connectivity index (χ1n) is 5.20. The van der Waals surface area contributed by atoms with Crippen LogP contribution in [0.25, 0.3) is 5.82 Å². The highest BCUT2D eigenvalue weighted by Gasteiger charge is 2.33. The van der Waals surface area contributed by atoms with E-state index in [4.69, 9.17) is 0 Å². The van der Waals surface area contributed by atoms with E-state index in [0.29, 0.717) is 12.4 Å². The summed E-state index contributed by atoms with van der Waals surface area (Å²) in [5, 5.41) is 6.37. The third kappa shape index (κ3) is 2.58. The van der Waals surface area contributed by atoms with Gasteiger partial charge in [0.05, 0.1) is 0 Å². The summed E-state index contributed by atoms with van der Waals surface area (Å²) >= 11 is 0. The van der Waals surface area contributed by atoms with Gasteiger partial charge >= 0.3 is 6.18 Å². The first-order valence-corrected chi connectivity index (χ1v) is 5.20. The summed E-state index contributed by atoms with van der Waals surface area (Å²) in [6, 6.07) is 2.42. The number of rotatable bonds is 3. The fraction of sp³-hybridized carbons (Fsp3) is 0.300. The van der Waals surface area contributed by atoms with Crippen LogP contribution in [0.1, 0.15) is 12.6 Å². The Kier molecular flexibility index (Phi) is 3.17. The molecule has 2 rings (SSSR count). The Morgan fingerprint density at radius 3 is 2.72 bits per heavy atom. The van der Waals surface area contributed by atoms with Crippen LogP contribution >= 0.6 is 0 Å². The molecule has 0 spiro atoms. The zero-order valence-electron chi connectivity index (χ0n) is 9.44. The number of hydrogen-bond donors (Lipinski definition) is 1. The Morgan fingerprint density at radius 2 is 2.11 bits per heavy atom. The summed E-state index contributed by atoms with van der Waals surface area (Å²) in [4.78, 5) is 7.79. The monoisotopic (exact) mass is 257 g/mol. The second-order valence-electron chi connectivity index (χ2n) is 3.44. The van der Waals surface area contributed by atoms with Gasteiger partial charge in [-0.3, -0.25) is 0 Å². The molecule has 0 bridgehead atoms. The average Bonchev–Trinajstić information content (AvgIpc) is 2.78. The van der Waals surface area contributed by atoms with E-state index >= 15 is 0 Å². The lowest BCUT2D eigenvalue weighted by Crippen LogP contribution is -2.08. The molecule has 2 aromatic rings. The van der Waals surface area contributed by atoms with E-state index in [1.807, 2.05) is 6.92 Å². The van der Waals surface area contributed by atoms with Crippen LogP contribution in [0.4, 0.5) is 19.0 Å². The molecule has 0 aliphatic rings. The largest absolute Gasteiger partial charge is 0.435 e. The minimum atomic E-state index is -4.46. The molecule has 5 nitrogen and oxygen atoms in total. The molecule has 0 atom stereocenters. The smallest absolute Gasteiger partial charge is 0.370 e. The molecule has 8 heteroatoms. The van der Waals surface area contributed by atoms with E-state index in [-0.39, 0.29) is 5.82 Å². The molecule has 96 valence electrons. The highest BCUT2D eigenvalue weighted by molar-refractivity contribution is 5.39. The Balaban J connectivity index is 2.31. The van der Waals surface area contributed by atoms with Gasteiger partial charge in [-0.25, -0.2) is 14.6 Å². The minimum absolute atomic E-state index is 0.274. The molecule has 18 heavy (non-hydrogen) atoms. The Bertz CT molecular complexity index is 534. The third-order valence-corrected chi connectivity index (χ3v) is 2.12. The van der Waals surface area contributed by atoms with Gasteiger partial charge in [-0.05, 0) is 13.0 Å².